The fourth-order valence-corrected chi connectivity index (χ4v) is 3.27. The van der Waals surface area contributed by atoms with Gasteiger partial charge in [0.15, 0.2) is 0 Å². The molecular formula is C13H13BrOS. The molecular weight excluding hydrogens is 284 g/mol. The molecule has 84 valence electrons. The number of halogens is 1. The molecule has 0 saturated heterocycles. The molecule has 1 aromatic heterocycles. The maximum absolute atomic E-state index is 10.3. The van der Waals surface area contributed by atoms with Crippen LogP contribution in [0.25, 0.3) is 0 Å². The van der Waals surface area contributed by atoms with Gasteiger partial charge in [0.05, 0.1) is 6.10 Å². The zero-order valence-corrected chi connectivity index (χ0v) is 11.3. The number of thiophene rings is 1. The van der Waals surface area contributed by atoms with Crippen LogP contribution in [0.4, 0.5) is 0 Å². The second-order valence-electron chi connectivity index (χ2n) is 3.82. The van der Waals surface area contributed by atoms with Crippen LogP contribution >= 0.6 is 27.3 Å². The first-order valence-corrected chi connectivity index (χ1v) is 6.88. The quantitative estimate of drug-likeness (QED) is 0.893. The normalized spacial score (nSPS) is 14.7. The van der Waals surface area contributed by atoms with Gasteiger partial charge in [0.25, 0.3) is 0 Å². The third-order valence-electron chi connectivity index (χ3n) is 2.76. The largest absolute Gasteiger partial charge is 0.388 e. The van der Waals surface area contributed by atoms with Crippen LogP contribution in [0.1, 0.15) is 30.1 Å². The van der Waals surface area contributed by atoms with Gasteiger partial charge in [-0.25, -0.2) is 0 Å². The molecule has 2 atom stereocenters. The fourth-order valence-electron chi connectivity index (χ4n) is 1.71. The lowest BCUT2D eigenvalue weighted by molar-refractivity contribution is 0.151. The van der Waals surface area contributed by atoms with Gasteiger partial charge < -0.3 is 5.11 Å². The predicted octanol–water partition coefficient (Wildman–Crippen LogP) is 4.35. The molecule has 0 radical (unpaired) electrons. The summed E-state index contributed by atoms with van der Waals surface area (Å²) in [4.78, 5) is 0. The molecule has 2 rings (SSSR count). The molecule has 16 heavy (non-hydrogen) atoms. The van der Waals surface area contributed by atoms with Gasteiger partial charge in [0, 0.05) is 21.3 Å². The van der Waals surface area contributed by atoms with E-state index in [1.165, 1.54) is 0 Å². The summed E-state index contributed by atoms with van der Waals surface area (Å²) in [5, 5.41) is 14.3. The number of aliphatic hydroxyl groups excluding tert-OH is 1. The van der Waals surface area contributed by atoms with Crippen LogP contribution in [0.15, 0.2) is 45.6 Å². The lowest BCUT2D eigenvalue weighted by Gasteiger charge is -2.19. The van der Waals surface area contributed by atoms with Gasteiger partial charge in [-0.2, -0.15) is 11.3 Å². The summed E-state index contributed by atoms with van der Waals surface area (Å²) in [5.74, 6) is 0.104. The van der Waals surface area contributed by atoms with Gasteiger partial charge in [0.1, 0.15) is 0 Å². The average Bonchev–Trinajstić information content (AvgIpc) is 2.75. The topological polar surface area (TPSA) is 20.2 Å². The van der Waals surface area contributed by atoms with Crippen LogP contribution in [0.3, 0.4) is 0 Å². The van der Waals surface area contributed by atoms with E-state index in [0.717, 1.165) is 15.6 Å². The fraction of sp³-hybridized carbons (Fsp3) is 0.231. The summed E-state index contributed by atoms with van der Waals surface area (Å²) in [5.41, 5.74) is 2.13. The number of hydrogen-bond donors (Lipinski definition) is 1. The highest BCUT2D eigenvalue weighted by Crippen LogP contribution is 2.35. The first-order valence-electron chi connectivity index (χ1n) is 5.14. The molecule has 1 nitrogen and oxygen atoms in total. The first-order chi connectivity index (χ1) is 7.70. The van der Waals surface area contributed by atoms with Gasteiger partial charge >= 0.3 is 0 Å². The van der Waals surface area contributed by atoms with E-state index >= 15 is 0 Å². The van der Waals surface area contributed by atoms with E-state index in [-0.39, 0.29) is 5.92 Å². The second-order valence-corrected chi connectivity index (χ2v) is 5.42. The smallest absolute Gasteiger partial charge is 0.0874 e. The zero-order valence-electron chi connectivity index (χ0n) is 8.93. The molecule has 1 aromatic carbocycles. The van der Waals surface area contributed by atoms with Crippen LogP contribution < -0.4 is 0 Å². The van der Waals surface area contributed by atoms with Crippen LogP contribution in [-0.2, 0) is 0 Å². The summed E-state index contributed by atoms with van der Waals surface area (Å²) in [6, 6.07) is 10.1. The van der Waals surface area contributed by atoms with Crippen molar-refractivity contribution >= 4 is 27.3 Å². The Morgan fingerprint density at radius 1 is 1.19 bits per heavy atom. The average molecular weight is 297 g/mol. The maximum atomic E-state index is 10.3. The lowest BCUT2D eigenvalue weighted by atomic mass is 9.92. The highest BCUT2D eigenvalue weighted by Gasteiger charge is 2.20. The molecule has 0 aliphatic heterocycles. The third kappa shape index (κ3) is 2.37. The minimum Gasteiger partial charge on any atom is -0.388 e. The molecule has 0 bridgehead atoms. The molecule has 0 aliphatic carbocycles. The summed E-state index contributed by atoms with van der Waals surface area (Å²) >= 11 is 5.06. The predicted molar refractivity (Wildman–Crippen MR) is 71.8 cm³/mol. The number of aliphatic hydroxyl groups is 1. The molecule has 0 amide bonds. The Morgan fingerprint density at radius 3 is 2.44 bits per heavy atom. The Morgan fingerprint density at radius 2 is 1.88 bits per heavy atom. The molecule has 0 spiro atoms. The van der Waals surface area contributed by atoms with Crippen molar-refractivity contribution in [3.05, 3.63) is 56.7 Å². The molecule has 0 saturated carbocycles. The SMILES string of the molecule is CC(c1ccccc1)C(O)c1cscc1Br. The monoisotopic (exact) mass is 296 g/mol. The van der Waals surface area contributed by atoms with Crippen LogP contribution in [-0.4, -0.2) is 5.11 Å². The Kier molecular flexibility index (Phi) is 3.79. The standard InChI is InChI=1S/C13H13BrOS/c1-9(10-5-3-2-4-6-10)13(15)11-7-16-8-12(11)14/h2-9,13,15H,1H3. The third-order valence-corrected chi connectivity index (χ3v) is 4.51. The van der Waals surface area contributed by atoms with Crippen LogP contribution in [0.2, 0.25) is 0 Å². The number of rotatable bonds is 3. The lowest BCUT2D eigenvalue weighted by Crippen LogP contribution is -2.07. The molecule has 0 fully saturated rings. The van der Waals surface area contributed by atoms with E-state index in [9.17, 15) is 5.11 Å². The van der Waals surface area contributed by atoms with Gasteiger partial charge in [-0.3, -0.25) is 0 Å². The van der Waals surface area contributed by atoms with Crippen molar-refractivity contribution in [2.75, 3.05) is 0 Å². The van der Waals surface area contributed by atoms with Crippen LogP contribution in [0.5, 0.6) is 0 Å². The van der Waals surface area contributed by atoms with Gasteiger partial charge in [-0.1, -0.05) is 37.3 Å². The summed E-state index contributed by atoms with van der Waals surface area (Å²) in [6.45, 7) is 2.05. The van der Waals surface area contributed by atoms with Gasteiger partial charge in [-0.15, -0.1) is 0 Å². The van der Waals surface area contributed by atoms with E-state index in [2.05, 4.69) is 15.9 Å². The van der Waals surface area contributed by atoms with E-state index in [0.29, 0.717) is 0 Å². The van der Waals surface area contributed by atoms with E-state index in [1.54, 1.807) is 11.3 Å². The molecule has 1 heterocycles. The molecule has 2 aromatic rings. The number of benzene rings is 1. The highest BCUT2D eigenvalue weighted by atomic mass is 79.9. The van der Waals surface area contributed by atoms with Crippen molar-refractivity contribution in [3.63, 3.8) is 0 Å². The summed E-state index contributed by atoms with van der Waals surface area (Å²) in [7, 11) is 0. The van der Waals surface area contributed by atoms with Crippen molar-refractivity contribution in [3.8, 4) is 0 Å². The Bertz CT molecular complexity index is 452. The maximum Gasteiger partial charge on any atom is 0.0874 e. The van der Waals surface area contributed by atoms with Crippen molar-refractivity contribution in [2.45, 2.75) is 18.9 Å². The molecule has 0 aliphatic rings. The van der Waals surface area contributed by atoms with Crippen LogP contribution in [0, 0.1) is 0 Å². The van der Waals surface area contributed by atoms with Gasteiger partial charge in [-0.05, 0) is 26.9 Å². The highest BCUT2D eigenvalue weighted by molar-refractivity contribution is 9.10. The van der Waals surface area contributed by atoms with E-state index in [4.69, 9.17) is 0 Å². The van der Waals surface area contributed by atoms with Crippen molar-refractivity contribution in [1.29, 1.82) is 0 Å². The molecule has 1 N–H and O–H groups in total. The second kappa shape index (κ2) is 5.13. The Hall–Kier alpha value is -0.640. The van der Waals surface area contributed by atoms with Crippen molar-refractivity contribution in [2.24, 2.45) is 0 Å². The molecule has 3 heteroatoms. The zero-order chi connectivity index (χ0) is 11.5. The number of hydrogen-bond acceptors (Lipinski definition) is 2. The minimum atomic E-state index is -0.456. The Labute approximate surface area is 108 Å². The Balaban J connectivity index is 2.23. The van der Waals surface area contributed by atoms with Crippen molar-refractivity contribution < 1.29 is 5.11 Å². The summed E-state index contributed by atoms with van der Waals surface area (Å²) < 4.78 is 0.993. The van der Waals surface area contributed by atoms with Gasteiger partial charge in [0.2, 0.25) is 0 Å². The van der Waals surface area contributed by atoms with E-state index < -0.39 is 6.10 Å². The minimum absolute atomic E-state index is 0.104. The van der Waals surface area contributed by atoms with E-state index in [1.807, 2.05) is 48.0 Å². The first kappa shape index (κ1) is 11.8. The summed E-state index contributed by atoms with van der Waals surface area (Å²) in [6.07, 6.45) is -0.456. The molecule has 2 unspecified atom stereocenters. The van der Waals surface area contributed by atoms with Crippen molar-refractivity contribution in [1.82, 2.24) is 0 Å².